The van der Waals surface area contributed by atoms with Crippen LogP contribution in [0.4, 0.5) is 0 Å². The minimum atomic E-state index is 0.657. The van der Waals surface area contributed by atoms with Crippen LogP contribution >= 0.6 is 0 Å². The van der Waals surface area contributed by atoms with Gasteiger partial charge in [0.1, 0.15) is 0 Å². The summed E-state index contributed by atoms with van der Waals surface area (Å²) in [6, 6.07) is 9.48. The zero-order valence-electron chi connectivity index (χ0n) is 8.37. The second-order valence-corrected chi connectivity index (χ2v) is 4.17. The van der Waals surface area contributed by atoms with Crippen LogP contribution in [0.15, 0.2) is 24.3 Å². The smallest absolute Gasteiger partial charge is 0.0609 e. The Kier molecular flexibility index (Phi) is 2.03. The fourth-order valence-electron chi connectivity index (χ4n) is 2.45. The Morgan fingerprint density at radius 2 is 1.86 bits per heavy atom. The molecule has 1 aromatic carbocycles. The third kappa shape index (κ3) is 1.35. The lowest BCUT2D eigenvalue weighted by Crippen LogP contribution is -2.26. The van der Waals surface area contributed by atoms with Crippen LogP contribution in [0.3, 0.4) is 0 Å². The molecule has 74 valence electrons. The lowest BCUT2D eigenvalue weighted by atomic mass is 10.3. The van der Waals surface area contributed by atoms with Crippen LogP contribution < -0.4 is 5.32 Å². The number of nitrogens with zero attached hydrogens (tertiary/aromatic N) is 1. The molecule has 14 heavy (non-hydrogen) atoms. The predicted molar refractivity (Wildman–Crippen MR) is 57.3 cm³/mol. The summed E-state index contributed by atoms with van der Waals surface area (Å²) < 4.78 is 0. The van der Waals surface area contributed by atoms with E-state index in [1.807, 2.05) is 0 Å². The molecule has 1 aliphatic carbocycles. The zero-order chi connectivity index (χ0) is 9.38. The molecule has 0 unspecified atom stereocenters. The molecule has 2 nitrogen and oxygen atoms in total. The van der Waals surface area contributed by atoms with E-state index >= 15 is 0 Å². The molecular formula is C12H16N2. The number of nitrogens with one attached hydrogen (secondary N) is 1. The van der Waals surface area contributed by atoms with Gasteiger partial charge in [-0.2, -0.15) is 0 Å². The van der Waals surface area contributed by atoms with Gasteiger partial charge in [-0.3, -0.25) is 4.90 Å². The van der Waals surface area contributed by atoms with Crippen molar-refractivity contribution in [1.29, 1.82) is 0 Å². The van der Waals surface area contributed by atoms with E-state index in [0.717, 1.165) is 6.54 Å². The molecule has 0 radical (unpaired) electrons. The van der Waals surface area contributed by atoms with E-state index in [9.17, 15) is 0 Å². The number of benzene rings is 1. The second-order valence-electron chi connectivity index (χ2n) is 4.17. The molecule has 1 N–H and O–H groups in total. The van der Waals surface area contributed by atoms with E-state index < -0.39 is 0 Å². The van der Waals surface area contributed by atoms with Crippen molar-refractivity contribution in [3.63, 3.8) is 0 Å². The lowest BCUT2D eigenvalue weighted by molar-refractivity contribution is 0.274. The van der Waals surface area contributed by atoms with Crippen LogP contribution in [-0.2, 0) is 0 Å². The average molecular weight is 188 g/mol. The maximum absolute atomic E-state index is 3.44. The second kappa shape index (κ2) is 3.37. The molecule has 0 saturated carbocycles. The quantitative estimate of drug-likeness (QED) is 0.716. The van der Waals surface area contributed by atoms with Crippen LogP contribution in [0.5, 0.6) is 0 Å². The molecular weight excluding hydrogens is 172 g/mol. The highest BCUT2D eigenvalue weighted by Gasteiger charge is 2.36. The summed E-state index contributed by atoms with van der Waals surface area (Å²) in [7, 11) is 0. The molecule has 0 amide bonds. The van der Waals surface area contributed by atoms with E-state index in [0.29, 0.717) is 6.04 Å². The molecule has 1 fully saturated rings. The fraction of sp³-hybridized carbons (Fsp3) is 0.500. The molecule has 3 rings (SSSR count). The van der Waals surface area contributed by atoms with Gasteiger partial charge in [0.15, 0.2) is 0 Å². The van der Waals surface area contributed by atoms with Gasteiger partial charge in [0.25, 0.3) is 0 Å². The Hall–Kier alpha value is -0.860. The minimum absolute atomic E-state index is 0.657. The van der Waals surface area contributed by atoms with Crippen LogP contribution in [0.2, 0.25) is 0 Å². The largest absolute Gasteiger partial charge is 0.315 e. The third-order valence-electron chi connectivity index (χ3n) is 3.24. The van der Waals surface area contributed by atoms with E-state index in [2.05, 4.69) is 34.5 Å². The Morgan fingerprint density at radius 1 is 1.07 bits per heavy atom. The van der Waals surface area contributed by atoms with Crippen LogP contribution in [0.1, 0.15) is 23.6 Å². The van der Waals surface area contributed by atoms with Crippen LogP contribution in [-0.4, -0.2) is 31.1 Å². The fourth-order valence-corrected chi connectivity index (χ4v) is 2.45. The number of hydrogen-bond donors (Lipinski definition) is 1. The van der Waals surface area contributed by atoms with Crippen LogP contribution in [0, 0.1) is 0 Å². The Balaban J connectivity index is 1.73. The molecule has 0 atom stereocenters. The molecule has 0 aromatic heterocycles. The topological polar surface area (TPSA) is 15.3 Å². The normalized spacial score (nSPS) is 22.9. The monoisotopic (exact) mass is 188 g/mol. The van der Waals surface area contributed by atoms with Crippen molar-refractivity contribution in [1.82, 2.24) is 10.2 Å². The summed E-state index contributed by atoms with van der Waals surface area (Å²) >= 11 is 0. The van der Waals surface area contributed by atoms with Gasteiger partial charge in [0.2, 0.25) is 0 Å². The van der Waals surface area contributed by atoms with Crippen molar-refractivity contribution in [3.05, 3.63) is 35.4 Å². The summed E-state index contributed by atoms with van der Waals surface area (Å²) in [5.74, 6) is 0. The average Bonchev–Trinajstić information content (AvgIpc) is 2.97. The van der Waals surface area contributed by atoms with E-state index in [1.54, 1.807) is 11.1 Å². The van der Waals surface area contributed by atoms with E-state index in [1.165, 1.54) is 26.1 Å². The summed E-state index contributed by atoms with van der Waals surface area (Å²) in [6.45, 7) is 4.76. The first kappa shape index (κ1) is 8.45. The van der Waals surface area contributed by atoms with Crippen LogP contribution in [0.25, 0.3) is 0 Å². The van der Waals surface area contributed by atoms with Crippen molar-refractivity contribution >= 4 is 0 Å². The van der Waals surface area contributed by atoms with Gasteiger partial charge in [-0.05, 0) is 24.1 Å². The molecule has 2 aliphatic rings. The summed E-state index contributed by atoms with van der Waals surface area (Å²) in [6.07, 6.45) is 1.28. The zero-order valence-corrected chi connectivity index (χ0v) is 8.37. The van der Waals surface area contributed by atoms with Gasteiger partial charge in [-0.15, -0.1) is 0 Å². The maximum Gasteiger partial charge on any atom is 0.0609 e. The summed E-state index contributed by atoms with van der Waals surface area (Å²) in [5.41, 5.74) is 3.10. The highest BCUT2D eigenvalue weighted by atomic mass is 15.2. The van der Waals surface area contributed by atoms with Crippen molar-refractivity contribution in [2.75, 3.05) is 26.2 Å². The Bertz CT molecular complexity index is 304. The van der Waals surface area contributed by atoms with E-state index in [-0.39, 0.29) is 0 Å². The lowest BCUT2D eigenvalue weighted by Gasteiger charge is -2.18. The molecule has 1 heterocycles. The number of fused-ring (bicyclic) bond motifs is 1. The van der Waals surface area contributed by atoms with Crippen molar-refractivity contribution in [3.8, 4) is 0 Å². The standard InChI is InChI=1S/C12H16N2/c1-2-5-11-10(4-1)12(11)14-8-3-6-13-7-9-14/h1-2,4-5,12-13H,3,6-9H2. The first-order valence-corrected chi connectivity index (χ1v) is 5.50. The van der Waals surface area contributed by atoms with Gasteiger partial charge in [-0.1, -0.05) is 24.3 Å². The molecule has 2 heteroatoms. The molecule has 1 aliphatic heterocycles. The molecule has 0 bridgehead atoms. The Labute approximate surface area is 84.9 Å². The Morgan fingerprint density at radius 3 is 2.64 bits per heavy atom. The SMILES string of the molecule is c1ccc2c(c1)C2N1CCCNCC1. The third-order valence-corrected chi connectivity index (χ3v) is 3.24. The van der Waals surface area contributed by atoms with Gasteiger partial charge in [-0.25, -0.2) is 0 Å². The first-order valence-electron chi connectivity index (χ1n) is 5.50. The number of rotatable bonds is 1. The maximum atomic E-state index is 3.44. The number of hydrogen-bond acceptors (Lipinski definition) is 2. The van der Waals surface area contributed by atoms with E-state index in [4.69, 9.17) is 0 Å². The van der Waals surface area contributed by atoms with Crippen molar-refractivity contribution in [2.24, 2.45) is 0 Å². The highest BCUT2D eigenvalue weighted by Crippen LogP contribution is 2.45. The van der Waals surface area contributed by atoms with Crippen molar-refractivity contribution < 1.29 is 0 Å². The van der Waals surface area contributed by atoms with Gasteiger partial charge in [0.05, 0.1) is 6.04 Å². The first-order chi connectivity index (χ1) is 6.97. The molecule has 1 saturated heterocycles. The van der Waals surface area contributed by atoms with Gasteiger partial charge >= 0.3 is 0 Å². The van der Waals surface area contributed by atoms with Gasteiger partial charge in [0, 0.05) is 19.6 Å². The molecule has 1 aromatic rings. The van der Waals surface area contributed by atoms with Gasteiger partial charge < -0.3 is 5.32 Å². The summed E-state index contributed by atoms with van der Waals surface area (Å²) in [4.78, 5) is 2.60. The highest BCUT2D eigenvalue weighted by molar-refractivity contribution is 5.51. The minimum Gasteiger partial charge on any atom is -0.315 e. The van der Waals surface area contributed by atoms with Crippen molar-refractivity contribution in [2.45, 2.75) is 12.5 Å². The summed E-state index contributed by atoms with van der Waals surface area (Å²) in [5, 5.41) is 3.44. The predicted octanol–water partition coefficient (Wildman–Crippen LogP) is 1.38. The molecule has 0 spiro atoms.